The van der Waals surface area contributed by atoms with Crippen LogP contribution in [0.2, 0.25) is 0 Å². The zero-order chi connectivity index (χ0) is 5.98. The van der Waals surface area contributed by atoms with Gasteiger partial charge in [0.05, 0.1) is 11.6 Å². The molecule has 0 saturated carbocycles. The van der Waals surface area contributed by atoms with Gasteiger partial charge in [0.25, 0.3) is 0 Å². The van der Waals surface area contributed by atoms with Crippen molar-refractivity contribution in [3.8, 4) is 0 Å². The number of ketones is 1. The Bertz CT molecular complexity index is 141. The van der Waals surface area contributed by atoms with Gasteiger partial charge in [-0.2, -0.15) is 0 Å². The zero-order valence-electron chi connectivity index (χ0n) is 4.68. The Morgan fingerprint density at radius 1 is 1.88 bits per heavy atom. The maximum atomic E-state index is 10.5. The van der Waals surface area contributed by atoms with Crippen molar-refractivity contribution in [1.29, 1.82) is 0 Å². The molecule has 0 amide bonds. The third-order valence-corrected chi connectivity index (χ3v) is 1.78. The van der Waals surface area contributed by atoms with Crippen LogP contribution in [0.3, 0.4) is 0 Å². The standard InChI is InChI=1S/C5H7NOS/c1-4(7)5-2-8-3-6-5/h2-3H2,1H3. The molecule has 0 unspecified atom stereocenters. The number of hydrogen-bond acceptors (Lipinski definition) is 3. The minimum Gasteiger partial charge on any atom is -0.293 e. The molecule has 0 fully saturated rings. The van der Waals surface area contributed by atoms with Gasteiger partial charge in [0.1, 0.15) is 0 Å². The lowest BCUT2D eigenvalue weighted by atomic mass is 10.3. The third-order valence-electron chi connectivity index (χ3n) is 0.992. The van der Waals surface area contributed by atoms with Crippen molar-refractivity contribution < 1.29 is 4.79 Å². The normalized spacial score (nSPS) is 18.4. The first kappa shape index (κ1) is 5.82. The second kappa shape index (κ2) is 2.31. The molecule has 0 saturated heterocycles. The van der Waals surface area contributed by atoms with Gasteiger partial charge >= 0.3 is 0 Å². The van der Waals surface area contributed by atoms with Crippen molar-refractivity contribution in [3.63, 3.8) is 0 Å². The summed E-state index contributed by atoms with van der Waals surface area (Å²) >= 11 is 1.69. The van der Waals surface area contributed by atoms with E-state index in [9.17, 15) is 4.79 Å². The summed E-state index contributed by atoms with van der Waals surface area (Å²) in [5, 5.41) is 0. The topological polar surface area (TPSA) is 29.4 Å². The minimum absolute atomic E-state index is 0.120. The fourth-order valence-electron chi connectivity index (χ4n) is 0.524. The van der Waals surface area contributed by atoms with Crippen molar-refractivity contribution in [2.45, 2.75) is 6.92 Å². The minimum atomic E-state index is 0.120. The zero-order valence-corrected chi connectivity index (χ0v) is 5.49. The Kier molecular flexibility index (Phi) is 1.68. The highest BCUT2D eigenvalue weighted by Crippen LogP contribution is 2.09. The van der Waals surface area contributed by atoms with Crippen molar-refractivity contribution in [3.05, 3.63) is 0 Å². The van der Waals surface area contributed by atoms with Gasteiger partial charge in [-0.15, -0.1) is 11.8 Å². The smallest absolute Gasteiger partial charge is 0.174 e. The molecule has 8 heavy (non-hydrogen) atoms. The summed E-state index contributed by atoms with van der Waals surface area (Å²) in [6, 6.07) is 0. The summed E-state index contributed by atoms with van der Waals surface area (Å²) < 4.78 is 0. The first-order chi connectivity index (χ1) is 3.80. The molecule has 1 heterocycles. The predicted molar refractivity (Wildman–Crippen MR) is 35.4 cm³/mol. The van der Waals surface area contributed by atoms with Gasteiger partial charge in [-0.05, 0) is 0 Å². The van der Waals surface area contributed by atoms with Crippen LogP contribution in [0.15, 0.2) is 4.99 Å². The third kappa shape index (κ3) is 1.10. The lowest BCUT2D eigenvalue weighted by Gasteiger charge is -1.85. The van der Waals surface area contributed by atoms with Gasteiger partial charge < -0.3 is 0 Å². The van der Waals surface area contributed by atoms with Crippen molar-refractivity contribution in [2.24, 2.45) is 4.99 Å². The Morgan fingerprint density at radius 3 is 2.88 bits per heavy atom. The van der Waals surface area contributed by atoms with E-state index >= 15 is 0 Å². The van der Waals surface area contributed by atoms with Crippen LogP contribution < -0.4 is 0 Å². The molecule has 0 aromatic heterocycles. The number of carbonyl (C=O) groups excluding carboxylic acids is 1. The summed E-state index contributed by atoms with van der Waals surface area (Å²) in [7, 11) is 0. The molecule has 0 aliphatic carbocycles. The van der Waals surface area contributed by atoms with Gasteiger partial charge in [0.15, 0.2) is 5.78 Å². The Hall–Kier alpha value is -0.310. The number of thioether (sulfide) groups is 1. The highest BCUT2D eigenvalue weighted by Gasteiger charge is 2.09. The first-order valence-corrected chi connectivity index (χ1v) is 3.58. The number of aliphatic imine (C=N–C) groups is 1. The Labute approximate surface area is 52.4 Å². The molecule has 1 aliphatic rings. The number of carbonyl (C=O) groups is 1. The summed E-state index contributed by atoms with van der Waals surface area (Å²) in [6.07, 6.45) is 0. The van der Waals surface area contributed by atoms with E-state index < -0.39 is 0 Å². The van der Waals surface area contributed by atoms with E-state index in [1.54, 1.807) is 18.7 Å². The fourth-order valence-corrected chi connectivity index (χ4v) is 1.35. The van der Waals surface area contributed by atoms with Gasteiger partial charge in [0.2, 0.25) is 0 Å². The quantitative estimate of drug-likeness (QED) is 0.522. The summed E-state index contributed by atoms with van der Waals surface area (Å²) in [6.45, 7) is 1.56. The number of hydrogen-bond donors (Lipinski definition) is 0. The van der Waals surface area contributed by atoms with E-state index in [2.05, 4.69) is 4.99 Å². The largest absolute Gasteiger partial charge is 0.293 e. The van der Waals surface area contributed by atoms with Gasteiger partial charge in [-0.25, -0.2) is 0 Å². The second-order valence-corrected chi connectivity index (χ2v) is 2.59. The lowest BCUT2D eigenvalue weighted by molar-refractivity contribution is -0.111. The van der Waals surface area contributed by atoms with E-state index in [0.717, 1.165) is 17.3 Å². The maximum absolute atomic E-state index is 10.5. The Morgan fingerprint density at radius 2 is 2.62 bits per heavy atom. The second-order valence-electron chi connectivity index (χ2n) is 1.64. The summed E-state index contributed by atoms with van der Waals surface area (Å²) in [5.74, 6) is 1.71. The molecular weight excluding hydrogens is 122 g/mol. The molecule has 0 aromatic rings. The average molecular weight is 129 g/mol. The van der Waals surface area contributed by atoms with E-state index in [1.165, 1.54) is 0 Å². The first-order valence-electron chi connectivity index (χ1n) is 2.42. The molecular formula is C5H7NOS. The molecule has 0 bridgehead atoms. The van der Waals surface area contributed by atoms with Crippen LogP contribution in [-0.2, 0) is 4.79 Å². The molecule has 0 aromatic carbocycles. The highest BCUT2D eigenvalue weighted by atomic mass is 32.2. The van der Waals surface area contributed by atoms with E-state index in [0.29, 0.717) is 0 Å². The number of rotatable bonds is 1. The lowest BCUT2D eigenvalue weighted by Crippen LogP contribution is -2.08. The molecule has 0 N–H and O–H groups in total. The molecule has 0 radical (unpaired) electrons. The molecule has 3 heteroatoms. The van der Waals surface area contributed by atoms with Crippen LogP contribution in [-0.4, -0.2) is 23.1 Å². The van der Waals surface area contributed by atoms with Crippen LogP contribution in [0.1, 0.15) is 6.92 Å². The van der Waals surface area contributed by atoms with Crippen molar-refractivity contribution in [1.82, 2.24) is 0 Å². The van der Waals surface area contributed by atoms with Crippen LogP contribution in [0, 0.1) is 0 Å². The number of nitrogens with zero attached hydrogens (tertiary/aromatic N) is 1. The SMILES string of the molecule is CC(=O)C1=NCSC1. The maximum Gasteiger partial charge on any atom is 0.174 e. The van der Waals surface area contributed by atoms with E-state index in [4.69, 9.17) is 0 Å². The fraction of sp³-hybridized carbons (Fsp3) is 0.600. The van der Waals surface area contributed by atoms with Gasteiger partial charge in [-0.3, -0.25) is 9.79 Å². The molecule has 2 nitrogen and oxygen atoms in total. The molecule has 1 aliphatic heterocycles. The number of Topliss-reactive ketones (excluding diaryl/α,β-unsaturated/α-hetero) is 1. The Balaban J connectivity index is 2.57. The van der Waals surface area contributed by atoms with Crippen LogP contribution in [0.5, 0.6) is 0 Å². The average Bonchev–Trinajstić information content (AvgIpc) is 2.12. The van der Waals surface area contributed by atoms with Gasteiger partial charge in [-0.1, -0.05) is 0 Å². The molecule has 0 spiro atoms. The molecule has 0 atom stereocenters. The van der Waals surface area contributed by atoms with Crippen molar-refractivity contribution in [2.75, 3.05) is 11.6 Å². The van der Waals surface area contributed by atoms with Crippen LogP contribution in [0.4, 0.5) is 0 Å². The highest BCUT2D eigenvalue weighted by molar-refractivity contribution is 8.00. The van der Waals surface area contributed by atoms with Crippen molar-refractivity contribution >= 4 is 23.3 Å². The summed E-state index contributed by atoms with van der Waals surface area (Å²) in [4.78, 5) is 14.5. The van der Waals surface area contributed by atoms with Crippen LogP contribution in [0.25, 0.3) is 0 Å². The summed E-state index contributed by atoms with van der Waals surface area (Å²) in [5.41, 5.74) is 0.745. The van der Waals surface area contributed by atoms with E-state index in [-0.39, 0.29) is 5.78 Å². The van der Waals surface area contributed by atoms with Crippen LogP contribution >= 0.6 is 11.8 Å². The molecule has 1 rings (SSSR count). The predicted octanol–water partition coefficient (Wildman–Crippen LogP) is 0.721. The monoisotopic (exact) mass is 129 g/mol. The van der Waals surface area contributed by atoms with Gasteiger partial charge in [0, 0.05) is 12.7 Å². The molecule has 44 valence electrons. The van der Waals surface area contributed by atoms with E-state index in [1.807, 2.05) is 0 Å².